The second-order valence-corrected chi connectivity index (χ2v) is 6.20. The Bertz CT molecular complexity index is 428. The van der Waals surface area contributed by atoms with Gasteiger partial charge in [-0.15, -0.1) is 0 Å². The minimum Gasteiger partial charge on any atom is -0.398 e. The van der Waals surface area contributed by atoms with Crippen LogP contribution < -0.4 is 5.73 Å². The van der Waals surface area contributed by atoms with Gasteiger partial charge in [0.2, 0.25) is 0 Å². The number of benzene rings is 1. The molecular weight excluding hydrogens is 272 g/mol. The van der Waals surface area contributed by atoms with E-state index in [-0.39, 0.29) is 0 Å². The second kappa shape index (κ2) is 7.27. The molecule has 1 heterocycles. The summed E-state index contributed by atoms with van der Waals surface area (Å²) in [6, 6.07) is 5.72. The average molecular weight is 297 g/mol. The molecule has 112 valence electrons. The van der Waals surface area contributed by atoms with E-state index in [1.165, 1.54) is 0 Å². The topological polar surface area (TPSA) is 35.7 Å². The summed E-state index contributed by atoms with van der Waals surface area (Å²) < 4.78 is 0. The largest absolute Gasteiger partial charge is 0.398 e. The molecule has 1 aliphatic heterocycles. The molecule has 5 heteroatoms. The lowest BCUT2D eigenvalue weighted by Crippen LogP contribution is -2.47. The molecule has 0 atom stereocenters. The van der Waals surface area contributed by atoms with Crippen LogP contribution >= 0.6 is 11.6 Å². The highest BCUT2D eigenvalue weighted by Crippen LogP contribution is 2.20. The van der Waals surface area contributed by atoms with Gasteiger partial charge in [0.05, 0.1) is 0 Å². The van der Waals surface area contributed by atoms with E-state index < -0.39 is 0 Å². The van der Waals surface area contributed by atoms with Gasteiger partial charge in [-0.05, 0) is 37.9 Å². The summed E-state index contributed by atoms with van der Waals surface area (Å²) in [4.78, 5) is 7.21. The van der Waals surface area contributed by atoms with Crippen molar-refractivity contribution >= 4 is 17.3 Å². The van der Waals surface area contributed by atoms with Crippen LogP contribution in [0.4, 0.5) is 5.69 Å². The summed E-state index contributed by atoms with van der Waals surface area (Å²) in [5.74, 6) is 0. The van der Waals surface area contributed by atoms with Gasteiger partial charge in [-0.1, -0.05) is 11.6 Å². The first-order valence-corrected chi connectivity index (χ1v) is 7.56. The minimum absolute atomic E-state index is 0.763. The highest BCUT2D eigenvalue weighted by atomic mass is 35.5. The Morgan fingerprint density at radius 1 is 1.15 bits per heavy atom. The Morgan fingerprint density at radius 2 is 1.80 bits per heavy atom. The van der Waals surface area contributed by atoms with Crippen molar-refractivity contribution in [2.24, 2.45) is 0 Å². The molecule has 0 aliphatic carbocycles. The third kappa shape index (κ3) is 4.63. The summed E-state index contributed by atoms with van der Waals surface area (Å²) in [6.07, 6.45) is 0. The number of halogens is 1. The normalized spacial score (nSPS) is 17.8. The van der Waals surface area contributed by atoms with Gasteiger partial charge in [0.15, 0.2) is 0 Å². The average Bonchev–Trinajstić information content (AvgIpc) is 2.42. The molecule has 0 bridgehead atoms. The van der Waals surface area contributed by atoms with Crippen molar-refractivity contribution in [3.63, 3.8) is 0 Å². The van der Waals surface area contributed by atoms with Gasteiger partial charge in [-0.25, -0.2) is 0 Å². The van der Waals surface area contributed by atoms with Crippen molar-refractivity contribution in [3.05, 3.63) is 28.8 Å². The van der Waals surface area contributed by atoms with Crippen molar-refractivity contribution in [3.8, 4) is 0 Å². The van der Waals surface area contributed by atoms with E-state index in [0.29, 0.717) is 0 Å². The van der Waals surface area contributed by atoms with E-state index in [1.807, 2.05) is 18.2 Å². The third-order valence-corrected chi connectivity index (χ3v) is 4.06. The maximum atomic E-state index is 6.04. The van der Waals surface area contributed by atoms with E-state index in [9.17, 15) is 0 Å². The number of anilines is 1. The van der Waals surface area contributed by atoms with Gasteiger partial charge in [0.25, 0.3) is 0 Å². The zero-order chi connectivity index (χ0) is 14.5. The van der Waals surface area contributed by atoms with Gasteiger partial charge < -0.3 is 10.6 Å². The number of nitrogens with two attached hydrogens (primary N) is 1. The van der Waals surface area contributed by atoms with Gasteiger partial charge in [-0.2, -0.15) is 0 Å². The van der Waals surface area contributed by atoms with Gasteiger partial charge >= 0.3 is 0 Å². The zero-order valence-electron chi connectivity index (χ0n) is 12.5. The number of piperazine rings is 1. The van der Waals surface area contributed by atoms with E-state index >= 15 is 0 Å². The summed E-state index contributed by atoms with van der Waals surface area (Å²) >= 11 is 6.04. The Kier molecular flexibility index (Phi) is 5.66. The van der Waals surface area contributed by atoms with Crippen molar-refractivity contribution in [1.82, 2.24) is 14.7 Å². The first-order chi connectivity index (χ1) is 9.54. The SMILES string of the molecule is CN(C)CCN1CCN(Cc2cc(Cl)ccc2N)CC1. The lowest BCUT2D eigenvalue weighted by Gasteiger charge is -2.35. The summed E-state index contributed by atoms with van der Waals surface area (Å²) in [5, 5.41) is 0.763. The monoisotopic (exact) mass is 296 g/mol. The van der Waals surface area contributed by atoms with Crippen LogP contribution in [0.2, 0.25) is 5.02 Å². The first-order valence-electron chi connectivity index (χ1n) is 7.18. The summed E-state index contributed by atoms with van der Waals surface area (Å²) in [7, 11) is 4.25. The highest BCUT2D eigenvalue weighted by Gasteiger charge is 2.17. The Hall–Kier alpha value is -0.810. The molecular formula is C15H25ClN4. The van der Waals surface area contributed by atoms with Crippen molar-refractivity contribution in [2.75, 3.05) is 59.1 Å². The zero-order valence-corrected chi connectivity index (χ0v) is 13.2. The van der Waals surface area contributed by atoms with Crippen LogP contribution in [0.5, 0.6) is 0 Å². The lowest BCUT2D eigenvalue weighted by atomic mass is 10.1. The van der Waals surface area contributed by atoms with Crippen molar-refractivity contribution in [1.29, 1.82) is 0 Å². The first kappa shape index (κ1) is 15.6. The molecule has 1 aliphatic rings. The van der Waals surface area contributed by atoms with Crippen molar-refractivity contribution in [2.45, 2.75) is 6.54 Å². The number of nitrogen functional groups attached to an aromatic ring is 1. The molecule has 0 unspecified atom stereocenters. The molecule has 0 aromatic heterocycles. The minimum atomic E-state index is 0.763. The fraction of sp³-hybridized carbons (Fsp3) is 0.600. The molecule has 20 heavy (non-hydrogen) atoms. The van der Waals surface area contributed by atoms with Crippen LogP contribution in [0.25, 0.3) is 0 Å². The van der Waals surface area contributed by atoms with Crippen LogP contribution in [-0.4, -0.2) is 68.1 Å². The van der Waals surface area contributed by atoms with Crippen LogP contribution in [0.3, 0.4) is 0 Å². The predicted octanol–water partition coefficient (Wildman–Crippen LogP) is 1.60. The van der Waals surface area contributed by atoms with Gasteiger partial charge in [-0.3, -0.25) is 9.80 Å². The van der Waals surface area contributed by atoms with Gasteiger partial charge in [0, 0.05) is 56.5 Å². The Morgan fingerprint density at radius 3 is 2.45 bits per heavy atom. The maximum Gasteiger partial charge on any atom is 0.0410 e. The standard InChI is InChI=1S/C15H25ClN4/c1-18(2)5-6-19-7-9-20(10-8-19)12-13-11-14(16)3-4-15(13)17/h3-4,11H,5-10,12,17H2,1-2H3. The number of hydrogen-bond donors (Lipinski definition) is 1. The van der Waals surface area contributed by atoms with E-state index in [2.05, 4.69) is 28.8 Å². The molecule has 1 fully saturated rings. The molecule has 2 rings (SSSR count). The Labute approximate surface area is 127 Å². The lowest BCUT2D eigenvalue weighted by molar-refractivity contribution is 0.121. The van der Waals surface area contributed by atoms with Crippen LogP contribution in [0.15, 0.2) is 18.2 Å². The third-order valence-electron chi connectivity index (χ3n) is 3.83. The van der Waals surface area contributed by atoms with Crippen LogP contribution in [-0.2, 0) is 6.54 Å². The number of nitrogens with zero attached hydrogens (tertiary/aromatic N) is 3. The van der Waals surface area contributed by atoms with Gasteiger partial charge in [0.1, 0.15) is 0 Å². The quantitative estimate of drug-likeness (QED) is 0.837. The van der Waals surface area contributed by atoms with E-state index in [0.717, 1.165) is 62.1 Å². The number of hydrogen-bond acceptors (Lipinski definition) is 4. The Balaban J connectivity index is 1.81. The van der Waals surface area contributed by atoms with E-state index in [1.54, 1.807) is 0 Å². The molecule has 0 saturated carbocycles. The number of rotatable bonds is 5. The van der Waals surface area contributed by atoms with Crippen molar-refractivity contribution < 1.29 is 0 Å². The fourth-order valence-electron chi connectivity index (χ4n) is 2.46. The van der Waals surface area contributed by atoms with Crippen LogP contribution in [0, 0.1) is 0 Å². The van der Waals surface area contributed by atoms with E-state index in [4.69, 9.17) is 17.3 Å². The predicted molar refractivity (Wildman–Crippen MR) is 86.1 cm³/mol. The molecule has 0 amide bonds. The molecule has 1 saturated heterocycles. The second-order valence-electron chi connectivity index (χ2n) is 5.76. The molecule has 4 nitrogen and oxygen atoms in total. The molecule has 0 spiro atoms. The molecule has 0 radical (unpaired) electrons. The summed E-state index contributed by atoms with van der Waals surface area (Å²) in [6.45, 7) is 7.64. The molecule has 2 N–H and O–H groups in total. The summed E-state index contributed by atoms with van der Waals surface area (Å²) in [5.41, 5.74) is 7.99. The highest BCUT2D eigenvalue weighted by molar-refractivity contribution is 6.30. The smallest absolute Gasteiger partial charge is 0.0410 e. The van der Waals surface area contributed by atoms with Crippen LogP contribution in [0.1, 0.15) is 5.56 Å². The maximum absolute atomic E-state index is 6.04. The fourth-order valence-corrected chi connectivity index (χ4v) is 2.66. The number of likely N-dealkylation sites (N-methyl/N-ethyl adjacent to an activating group) is 1. The molecule has 1 aromatic carbocycles. The molecule has 1 aromatic rings.